The number of nitrogen functional groups attached to an aromatic ring is 1. The van der Waals surface area contributed by atoms with Gasteiger partial charge in [0, 0.05) is 22.9 Å². The molecule has 0 bridgehead atoms. The van der Waals surface area contributed by atoms with Crippen LogP contribution < -0.4 is 16.7 Å². The first-order valence-electron chi connectivity index (χ1n) is 8.89. The maximum atomic E-state index is 12.9. The molecule has 0 atom stereocenters. The van der Waals surface area contributed by atoms with E-state index in [1.54, 1.807) is 35.7 Å². The number of hydrazone groups is 1. The highest BCUT2D eigenvalue weighted by Gasteiger charge is 2.20. The number of nitro benzene ring substituents is 1. The molecule has 154 valence electrons. The number of nitrogens with two attached hydrogens (primary N) is 1. The second-order valence-corrected chi connectivity index (χ2v) is 7.25. The van der Waals surface area contributed by atoms with Crippen molar-refractivity contribution in [1.82, 2.24) is 15.2 Å². The van der Waals surface area contributed by atoms with E-state index in [1.165, 1.54) is 30.5 Å². The molecule has 4 aromatic rings. The Morgan fingerprint density at radius 3 is 2.58 bits per heavy atom. The summed E-state index contributed by atoms with van der Waals surface area (Å²) in [6, 6.07) is 14.3. The molecule has 0 aliphatic rings. The van der Waals surface area contributed by atoms with Gasteiger partial charge in [-0.3, -0.25) is 19.7 Å². The van der Waals surface area contributed by atoms with E-state index in [1.807, 2.05) is 0 Å². The van der Waals surface area contributed by atoms with E-state index in [2.05, 4.69) is 15.6 Å². The molecule has 0 radical (unpaired) electrons. The molecule has 0 saturated heterocycles. The summed E-state index contributed by atoms with van der Waals surface area (Å²) in [6.45, 7) is 0. The highest BCUT2D eigenvalue weighted by Crippen LogP contribution is 2.27. The van der Waals surface area contributed by atoms with Gasteiger partial charge < -0.3 is 5.73 Å². The Hall–Kier alpha value is -4.38. The Morgan fingerprint density at radius 1 is 1.19 bits per heavy atom. The molecule has 10 nitrogen and oxygen atoms in total. The highest BCUT2D eigenvalue weighted by molar-refractivity contribution is 7.15. The number of carbonyl (C=O) groups excluding carboxylic acids is 1. The number of nitro groups is 1. The molecule has 0 saturated carbocycles. The zero-order valence-corrected chi connectivity index (χ0v) is 16.6. The molecule has 2 heterocycles. The number of fused-ring (bicyclic) bond motifs is 1. The van der Waals surface area contributed by atoms with Crippen LogP contribution in [-0.4, -0.2) is 26.8 Å². The van der Waals surface area contributed by atoms with Gasteiger partial charge in [0.15, 0.2) is 5.69 Å². The maximum absolute atomic E-state index is 12.9. The van der Waals surface area contributed by atoms with Gasteiger partial charge in [-0.25, -0.2) is 5.43 Å². The predicted octanol–water partition coefficient (Wildman–Crippen LogP) is 2.70. The summed E-state index contributed by atoms with van der Waals surface area (Å²) in [7, 11) is 0. The van der Waals surface area contributed by atoms with E-state index in [-0.39, 0.29) is 21.8 Å². The summed E-state index contributed by atoms with van der Waals surface area (Å²) in [5.41, 5.74) is 8.90. The smallest absolute Gasteiger partial charge is 0.292 e. The van der Waals surface area contributed by atoms with Gasteiger partial charge in [-0.1, -0.05) is 18.2 Å². The number of nitrogens with zero attached hydrogens (tertiary/aromatic N) is 4. The van der Waals surface area contributed by atoms with Crippen LogP contribution in [0.4, 0.5) is 10.7 Å². The van der Waals surface area contributed by atoms with E-state index in [0.29, 0.717) is 16.6 Å². The lowest BCUT2D eigenvalue weighted by molar-refractivity contribution is -0.384. The van der Waals surface area contributed by atoms with Crippen molar-refractivity contribution >= 4 is 44.9 Å². The lowest BCUT2D eigenvalue weighted by atomic mass is 10.2. The highest BCUT2D eigenvalue weighted by atomic mass is 32.1. The molecule has 2 aromatic heterocycles. The van der Waals surface area contributed by atoms with Crippen molar-refractivity contribution in [2.24, 2.45) is 5.10 Å². The lowest BCUT2D eigenvalue weighted by Crippen LogP contribution is -2.28. The van der Waals surface area contributed by atoms with E-state index < -0.39 is 16.4 Å². The summed E-state index contributed by atoms with van der Waals surface area (Å²) < 4.78 is 1.13. The molecular formula is C20H14N6O4S. The van der Waals surface area contributed by atoms with E-state index in [4.69, 9.17) is 5.73 Å². The number of benzene rings is 2. The number of carbonyl (C=O) groups is 1. The van der Waals surface area contributed by atoms with E-state index >= 15 is 0 Å². The van der Waals surface area contributed by atoms with E-state index in [9.17, 15) is 19.7 Å². The molecule has 3 N–H and O–H groups in total. The molecule has 0 aliphatic carbocycles. The average Bonchev–Trinajstić information content (AvgIpc) is 3.17. The topological polar surface area (TPSA) is 146 Å². The molecule has 0 spiro atoms. The van der Waals surface area contributed by atoms with Gasteiger partial charge in [0.2, 0.25) is 0 Å². The summed E-state index contributed by atoms with van der Waals surface area (Å²) in [6.07, 6.45) is 1.34. The van der Waals surface area contributed by atoms with Crippen molar-refractivity contribution in [1.29, 1.82) is 0 Å². The Morgan fingerprint density at radius 2 is 1.90 bits per heavy atom. The van der Waals surface area contributed by atoms with Crippen LogP contribution in [0.5, 0.6) is 0 Å². The zero-order valence-electron chi connectivity index (χ0n) is 15.8. The number of hydrogen-bond acceptors (Lipinski definition) is 8. The molecular weight excluding hydrogens is 420 g/mol. The molecule has 31 heavy (non-hydrogen) atoms. The molecule has 0 aliphatic heterocycles. The number of non-ortho nitro benzene ring substituents is 1. The van der Waals surface area contributed by atoms with Crippen LogP contribution in [0.3, 0.4) is 0 Å². The Labute approximate surface area is 178 Å². The van der Waals surface area contributed by atoms with Crippen LogP contribution in [0, 0.1) is 10.1 Å². The fourth-order valence-corrected chi connectivity index (χ4v) is 3.67. The average molecular weight is 434 g/mol. The first-order chi connectivity index (χ1) is 15.0. The molecule has 4 rings (SSSR count). The van der Waals surface area contributed by atoms with Gasteiger partial charge >= 0.3 is 0 Å². The third kappa shape index (κ3) is 3.89. The van der Waals surface area contributed by atoms with Crippen LogP contribution >= 0.6 is 11.3 Å². The number of thiophene rings is 1. The number of hydrogen-bond donors (Lipinski definition) is 2. The minimum absolute atomic E-state index is 0.00717. The van der Waals surface area contributed by atoms with Gasteiger partial charge in [0.1, 0.15) is 0 Å². The lowest BCUT2D eigenvalue weighted by Gasteiger charge is -2.08. The summed E-state index contributed by atoms with van der Waals surface area (Å²) in [5, 5.41) is 21.3. The second kappa shape index (κ2) is 8.16. The van der Waals surface area contributed by atoms with Crippen LogP contribution in [0.25, 0.3) is 16.5 Å². The van der Waals surface area contributed by atoms with Crippen molar-refractivity contribution in [3.8, 4) is 5.69 Å². The van der Waals surface area contributed by atoms with Gasteiger partial charge in [-0.2, -0.15) is 14.9 Å². The van der Waals surface area contributed by atoms with Crippen molar-refractivity contribution < 1.29 is 9.72 Å². The standard InChI is InChI=1S/C20H14N6O4S/c21-18-16-15(11-31-18)17(24-25(20(16)28)13-4-2-1-3-5-13)19(27)23-22-10-12-6-8-14(9-7-12)26(29)30/h1-11H,21H2,(H,23,27). The van der Waals surface area contributed by atoms with Crippen LogP contribution in [-0.2, 0) is 0 Å². The number of rotatable bonds is 5. The third-order valence-electron chi connectivity index (χ3n) is 4.38. The minimum Gasteiger partial charge on any atom is -0.390 e. The van der Waals surface area contributed by atoms with Gasteiger partial charge in [-0.15, -0.1) is 11.3 Å². The molecule has 0 unspecified atom stereocenters. The van der Waals surface area contributed by atoms with Crippen LogP contribution in [0.2, 0.25) is 0 Å². The van der Waals surface area contributed by atoms with Crippen molar-refractivity contribution in [2.45, 2.75) is 0 Å². The number of aromatic nitrogens is 2. The largest absolute Gasteiger partial charge is 0.390 e. The summed E-state index contributed by atoms with van der Waals surface area (Å²) in [4.78, 5) is 35.9. The number of para-hydroxylation sites is 1. The fourth-order valence-electron chi connectivity index (χ4n) is 2.89. The first-order valence-corrected chi connectivity index (χ1v) is 9.77. The summed E-state index contributed by atoms with van der Waals surface area (Å²) in [5.74, 6) is -0.634. The van der Waals surface area contributed by atoms with Gasteiger partial charge in [0.25, 0.3) is 17.2 Å². The number of anilines is 1. The van der Waals surface area contributed by atoms with Crippen LogP contribution in [0.1, 0.15) is 16.1 Å². The Kier molecular flexibility index (Phi) is 5.24. The monoisotopic (exact) mass is 434 g/mol. The molecule has 0 fully saturated rings. The zero-order chi connectivity index (χ0) is 22.0. The van der Waals surface area contributed by atoms with Crippen molar-refractivity contribution in [3.05, 3.63) is 91.7 Å². The Balaban J connectivity index is 1.67. The first kappa shape index (κ1) is 19.9. The molecule has 2 aromatic carbocycles. The SMILES string of the molecule is Nc1scc2c(C(=O)NN=Cc3ccc([N+](=O)[O-])cc3)nn(-c3ccccc3)c(=O)c12. The van der Waals surface area contributed by atoms with Crippen molar-refractivity contribution in [3.63, 3.8) is 0 Å². The van der Waals surface area contributed by atoms with Gasteiger partial charge in [-0.05, 0) is 29.8 Å². The summed E-state index contributed by atoms with van der Waals surface area (Å²) >= 11 is 1.14. The van der Waals surface area contributed by atoms with Crippen molar-refractivity contribution in [2.75, 3.05) is 5.73 Å². The van der Waals surface area contributed by atoms with E-state index in [0.717, 1.165) is 16.0 Å². The fraction of sp³-hybridized carbons (Fsp3) is 0. The molecule has 1 amide bonds. The normalized spacial score (nSPS) is 11.1. The Bertz CT molecular complexity index is 1380. The maximum Gasteiger partial charge on any atom is 0.292 e. The quantitative estimate of drug-likeness (QED) is 0.281. The second-order valence-electron chi connectivity index (χ2n) is 6.34. The van der Waals surface area contributed by atoms with Crippen LogP contribution in [0.15, 0.2) is 69.9 Å². The minimum atomic E-state index is -0.634. The number of nitrogens with one attached hydrogen (secondary N) is 1. The predicted molar refractivity (Wildman–Crippen MR) is 118 cm³/mol. The molecule has 11 heteroatoms. The third-order valence-corrected chi connectivity index (χ3v) is 5.19. The van der Waals surface area contributed by atoms with Gasteiger partial charge in [0.05, 0.1) is 27.2 Å². The number of amides is 1.